The van der Waals surface area contributed by atoms with E-state index in [1.54, 1.807) is 28.9 Å². The minimum absolute atomic E-state index is 0. The smallest absolute Gasteiger partial charge is 0.274 e. The lowest BCUT2D eigenvalue weighted by molar-refractivity contribution is 0.102. The maximum absolute atomic E-state index is 13.2. The average Bonchev–Trinajstić information content (AvgIpc) is 3.18. The van der Waals surface area contributed by atoms with Gasteiger partial charge in [0, 0.05) is 43.5 Å². The Balaban J connectivity index is 0.00000259. The summed E-state index contributed by atoms with van der Waals surface area (Å²) in [5.74, 6) is -0.859. The first-order valence-corrected chi connectivity index (χ1v) is 10.7. The zero-order valence-electron chi connectivity index (χ0n) is 18.2. The van der Waals surface area contributed by atoms with Crippen LogP contribution in [0.15, 0.2) is 54.9 Å². The van der Waals surface area contributed by atoms with Gasteiger partial charge >= 0.3 is 0 Å². The Bertz CT molecular complexity index is 1280. The molecule has 7 nitrogen and oxygen atoms in total. The van der Waals surface area contributed by atoms with E-state index in [0.29, 0.717) is 11.3 Å². The van der Waals surface area contributed by atoms with Gasteiger partial charge in [-0.3, -0.25) is 9.48 Å². The van der Waals surface area contributed by atoms with E-state index in [4.69, 9.17) is 0 Å². The van der Waals surface area contributed by atoms with Crippen LogP contribution in [-0.4, -0.2) is 38.7 Å². The lowest BCUT2D eigenvalue weighted by Crippen LogP contribution is -2.30. The number of nitrogens with zero attached hydrogens (tertiary/aromatic N) is 5. The molecule has 0 aliphatic carbocycles. The first kappa shape index (κ1) is 22.7. The number of carbonyl (C=O) groups is 1. The number of fused-ring (bicyclic) bond motifs is 1. The van der Waals surface area contributed by atoms with Crippen LogP contribution in [0.4, 0.5) is 15.8 Å². The number of piperidine rings is 1. The van der Waals surface area contributed by atoms with E-state index < -0.39 is 5.95 Å². The van der Waals surface area contributed by atoms with Crippen molar-refractivity contribution in [1.29, 1.82) is 0 Å². The molecular formula is C24H24ClFN6O. The number of aromatic nitrogens is 4. The minimum atomic E-state index is -0.557. The van der Waals surface area contributed by atoms with Gasteiger partial charge in [-0.05, 0) is 55.7 Å². The molecule has 0 atom stereocenters. The summed E-state index contributed by atoms with van der Waals surface area (Å²) in [6.45, 7) is 1.90. The number of hydrogen-bond acceptors (Lipinski definition) is 5. The zero-order valence-corrected chi connectivity index (χ0v) is 19.0. The lowest BCUT2D eigenvalue weighted by Gasteiger charge is -2.30. The molecule has 1 aliphatic rings. The van der Waals surface area contributed by atoms with Crippen LogP contribution in [0.5, 0.6) is 0 Å². The number of benzene rings is 1. The van der Waals surface area contributed by atoms with Gasteiger partial charge in [0.05, 0.1) is 22.6 Å². The summed E-state index contributed by atoms with van der Waals surface area (Å²) in [6.07, 6.45) is 6.82. The van der Waals surface area contributed by atoms with Crippen LogP contribution in [0.3, 0.4) is 0 Å². The number of nitrogens with one attached hydrogen (secondary N) is 1. The quantitative estimate of drug-likeness (QED) is 0.436. The summed E-state index contributed by atoms with van der Waals surface area (Å²) in [5.41, 5.74) is 4.10. The predicted octanol–water partition coefficient (Wildman–Crippen LogP) is 4.83. The van der Waals surface area contributed by atoms with Gasteiger partial charge in [0.25, 0.3) is 5.91 Å². The highest BCUT2D eigenvalue weighted by Crippen LogP contribution is 2.33. The monoisotopic (exact) mass is 466 g/mol. The molecule has 1 aliphatic heterocycles. The molecule has 33 heavy (non-hydrogen) atoms. The predicted molar refractivity (Wildman–Crippen MR) is 129 cm³/mol. The summed E-state index contributed by atoms with van der Waals surface area (Å²) in [7, 11) is 1.89. The minimum Gasteiger partial charge on any atom is -0.370 e. The number of carbonyl (C=O) groups excluding carboxylic acids is 1. The highest BCUT2D eigenvalue weighted by Gasteiger charge is 2.19. The van der Waals surface area contributed by atoms with E-state index in [9.17, 15) is 9.18 Å². The highest BCUT2D eigenvalue weighted by molar-refractivity contribution is 6.06. The number of aryl methyl sites for hydroxylation is 1. The second-order valence-corrected chi connectivity index (χ2v) is 8.01. The average molecular weight is 467 g/mol. The fourth-order valence-electron chi connectivity index (χ4n) is 4.12. The number of hydrogen-bond donors (Lipinski definition) is 1. The fourth-order valence-corrected chi connectivity index (χ4v) is 4.12. The molecule has 1 aromatic carbocycles. The number of halogens is 2. The fraction of sp³-hybridized carbons (Fsp3) is 0.250. The van der Waals surface area contributed by atoms with Crippen LogP contribution in [-0.2, 0) is 7.05 Å². The van der Waals surface area contributed by atoms with Crippen molar-refractivity contribution in [1.82, 2.24) is 19.7 Å². The molecule has 3 aromatic heterocycles. The SMILES string of the molecule is Cl.Cn1cc2cc(NC(=O)c3cccc(-c4ccc(F)nc4)n3)c(N3CCCCC3)cc2n1. The van der Waals surface area contributed by atoms with Gasteiger partial charge < -0.3 is 10.2 Å². The molecule has 0 bridgehead atoms. The van der Waals surface area contributed by atoms with Crippen molar-refractivity contribution in [3.63, 3.8) is 0 Å². The first-order chi connectivity index (χ1) is 15.6. The van der Waals surface area contributed by atoms with Gasteiger partial charge in [0.1, 0.15) is 5.69 Å². The molecule has 0 radical (unpaired) electrons. The van der Waals surface area contributed by atoms with E-state index in [1.165, 1.54) is 18.7 Å². The van der Waals surface area contributed by atoms with Crippen molar-refractivity contribution in [2.75, 3.05) is 23.3 Å². The lowest BCUT2D eigenvalue weighted by atomic mass is 10.1. The van der Waals surface area contributed by atoms with Gasteiger partial charge in [0.2, 0.25) is 5.95 Å². The van der Waals surface area contributed by atoms with Gasteiger partial charge in [-0.15, -0.1) is 12.4 Å². The van der Waals surface area contributed by atoms with E-state index in [1.807, 2.05) is 25.4 Å². The van der Waals surface area contributed by atoms with Crippen molar-refractivity contribution in [2.45, 2.75) is 19.3 Å². The number of amides is 1. The Morgan fingerprint density at radius 3 is 2.67 bits per heavy atom. The summed E-state index contributed by atoms with van der Waals surface area (Å²) in [4.78, 5) is 23.6. The maximum atomic E-state index is 13.2. The largest absolute Gasteiger partial charge is 0.370 e. The molecule has 1 N–H and O–H groups in total. The summed E-state index contributed by atoms with van der Waals surface area (Å²) in [6, 6.07) is 12.1. The van der Waals surface area contributed by atoms with Crippen molar-refractivity contribution in [3.05, 3.63) is 66.5 Å². The molecule has 0 unspecified atom stereocenters. The molecule has 0 saturated carbocycles. The molecule has 4 aromatic rings. The third kappa shape index (κ3) is 4.80. The van der Waals surface area contributed by atoms with Crippen molar-refractivity contribution >= 4 is 40.6 Å². The van der Waals surface area contributed by atoms with Crippen molar-refractivity contribution in [2.24, 2.45) is 7.05 Å². The molecule has 170 valence electrons. The van der Waals surface area contributed by atoms with Gasteiger partial charge in [-0.1, -0.05) is 6.07 Å². The Labute approximate surface area is 197 Å². The van der Waals surface area contributed by atoms with Crippen LogP contribution < -0.4 is 10.2 Å². The second-order valence-electron chi connectivity index (χ2n) is 8.01. The highest BCUT2D eigenvalue weighted by atomic mass is 35.5. The normalized spacial score (nSPS) is 13.6. The third-order valence-electron chi connectivity index (χ3n) is 5.69. The van der Waals surface area contributed by atoms with E-state index in [-0.39, 0.29) is 24.0 Å². The maximum Gasteiger partial charge on any atom is 0.274 e. The Morgan fingerprint density at radius 1 is 1.09 bits per heavy atom. The number of rotatable bonds is 4. The van der Waals surface area contributed by atoms with Gasteiger partial charge in [0.15, 0.2) is 0 Å². The van der Waals surface area contributed by atoms with E-state index in [0.717, 1.165) is 48.2 Å². The second kappa shape index (κ2) is 9.54. The van der Waals surface area contributed by atoms with Gasteiger partial charge in [-0.25, -0.2) is 9.97 Å². The first-order valence-electron chi connectivity index (χ1n) is 10.7. The van der Waals surface area contributed by atoms with E-state index in [2.05, 4.69) is 25.3 Å². The van der Waals surface area contributed by atoms with Crippen molar-refractivity contribution < 1.29 is 9.18 Å². The molecule has 1 amide bonds. The molecular weight excluding hydrogens is 443 g/mol. The molecule has 0 spiro atoms. The molecule has 1 saturated heterocycles. The Hall–Kier alpha value is -3.52. The Kier molecular flexibility index (Phi) is 6.55. The van der Waals surface area contributed by atoms with Crippen LogP contribution in [0.1, 0.15) is 29.8 Å². The Morgan fingerprint density at radius 2 is 1.91 bits per heavy atom. The molecule has 1 fully saturated rings. The van der Waals surface area contributed by atoms with Crippen LogP contribution in [0.25, 0.3) is 22.2 Å². The molecule has 9 heteroatoms. The van der Waals surface area contributed by atoms with Crippen LogP contribution in [0.2, 0.25) is 0 Å². The third-order valence-corrected chi connectivity index (χ3v) is 5.69. The summed E-state index contributed by atoms with van der Waals surface area (Å²) >= 11 is 0. The van der Waals surface area contributed by atoms with Crippen molar-refractivity contribution in [3.8, 4) is 11.3 Å². The topological polar surface area (TPSA) is 75.9 Å². The number of pyridine rings is 2. The standard InChI is InChI=1S/C24H23FN6O.ClH/c1-30-15-17-12-21(22(13-20(17)29-30)31-10-3-2-4-11-31)28-24(32)19-7-5-6-18(27-19)16-8-9-23(25)26-14-16;/h5-9,12-15H,2-4,10-11H2,1H3,(H,28,32);1H. The van der Waals surface area contributed by atoms with Crippen LogP contribution >= 0.6 is 12.4 Å². The molecule has 4 heterocycles. The zero-order chi connectivity index (χ0) is 22.1. The number of anilines is 2. The van der Waals surface area contributed by atoms with E-state index >= 15 is 0 Å². The summed E-state index contributed by atoms with van der Waals surface area (Å²) in [5, 5.41) is 8.55. The summed E-state index contributed by atoms with van der Waals surface area (Å²) < 4.78 is 14.9. The van der Waals surface area contributed by atoms with Gasteiger partial charge in [-0.2, -0.15) is 9.49 Å². The molecule has 5 rings (SSSR count). The van der Waals surface area contributed by atoms with Crippen LogP contribution in [0, 0.1) is 5.95 Å².